The third kappa shape index (κ3) is 1.83. The number of nitrogens with zero attached hydrogens (tertiary/aromatic N) is 7. The fourth-order valence-electron chi connectivity index (χ4n) is 3.74. The number of para-hydroxylation sites is 1. The molecule has 1 saturated heterocycles. The second-order valence-corrected chi connectivity index (χ2v) is 6.50. The second kappa shape index (κ2) is 5.15. The number of fused-ring (bicyclic) bond motifs is 6. The molecular formula is C17H15N7O2. The molecule has 0 saturated carbocycles. The molecule has 2 atom stereocenters. The van der Waals surface area contributed by atoms with Gasteiger partial charge in [0.05, 0.1) is 24.4 Å². The topological polar surface area (TPSA) is 84.8 Å². The van der Waals surface area contributed by atoms with Crippen LogP contribution in [0.2, 0.25) is 0 Å². The lowest BCUT2D eigenvalue weighted by Crippen LogP contribution is -2.43. The van der Waals surface area contributed by atoms with E-state index in [1.807, 2.05) is 32.9 Å². The van der Waals surface area contributed by atoms with E-state index in [4.69, 9.17) is 9.26 Å². The molecule has 0 radical (unpaired) electrons. The number of rotatable bonds is 2. The molecule has 26 heavy (non-hydrogen) atoms. The summed E-state index contributed by atoms with van der Waals surface area (Å²) in [5.74, 6) is 2.14. The zero-order valence-corrected chi connectivity index (χ0v) is 13.8. The number of aromatic nitrogens is 4. The van der Waals surface area contributed by atoms with Gasteiger partial charge in [-0.1, -0.05) is 18.2 Å². The molecular weight excluding hydrogens is 334 g/mol. The fourth-order valence-corrected chi connectivity index (χ4v) is 3.74. The Morgan fingerprint density at radius 3 is 3.08 bits per heavy atom. The van der Waals surface area contributed by atoms with Crippen LogP contribution < -0.4 is 10.0 Å². The lowest BCUT2D eigenvalue weighted by molar-refractivity contribution is 0.189. The summed E-state index contributed by atoms with van der Waals surface area (Å²) in [5, 5.41) is 8.01. The Morgan fingerprint density at radius 1 is 1.19 bits per heavy atom. The Kier molecular flexibility index (Phi) is 2.78. The summed E-state index contributed by atoms with van der Waals surface area (Å²) in [4.78, 5) is 13.6. The standard InChI is InChI=1S/C17H15N7O2/c1-2-4-13-12(3-1)15-19-10-23(24(15)14-7-18-9-22(13)14)17-20-16(26-21-17)11-5-6-25-8-11/h1-4,7,9-11,15H,5-6,8H2. The first kappa shape index (κ1) is 14.0. The lowest BCUT2D eigenvalue weighted by Gasteiger charge is -2.35. The van der Waals surface area contributed by atoms with E-state index in [-0.39, 0.29) is 12.1 Å². The van der Waals surface area contributed by atoms with Gasteiger partial charge in [0.2, 0.25) is 5.89 Å². The van der Waals surface area contributed by atoms with Gasteiger partial charge >= 0.3 is 0 Å². The predicted molar refractivity (Wildman–Crippen MR) is 92.2 cm³/mol. The summed E-state index contributed by atoms with van der Waals surface area (Å²) in [5.41, 5.74) is 2.18. The molecule has 0 aliphatic carbocycles. The van der Waals surface area contributed by atoms with Crippen molar-refractivity contribution < 1.29 is 9.26 Å². The molecule has 9 nitrogen and oxygen atoms in total. The van der Waals surface area contributed by atoms with Crippen LogP contribution in [-0.2, 0) is 4.74 Å². The minimum Gasteiger partial charge on any atom is -0.381 e. The predicted octanol–water partition coefficient (Wildman–Crippen LogP) is 2.04. The highest BCUT2D eigenvalue weighted by atomic mass is 16.5. The normalized spacial score (nSPS) is 23.2. The molecule has 130 valence electrons. The first-order valence-electron chi connectivity index (χ1n) is 8.55. The van der Waals surface area contributed by atoms with Crippen LogP contribution in [0.25, 0.3) is 5.69 Å². The first-order chi connectivity index (χ1) is 12.9. The summed E-state index contributed by atoms with van der Waals surface area (Å²) in [6.45, 7) is 1.36. The minimum absolute atomic E-state index is 0.166. The third-order valence-electron chi connectivity index (χ3n) is 5.02. The van der Waals surface area contributed by atoms with E-state index in [0.717, 1.165) is 30.1 Å². The van der Waals surface area contributed by atoms with Crippen molar-refractivity contribution in [2.24, 2.45) is 4.99 Å². The zero-order valence-electron chi connectivity index (χ0n) is 13.8. The molecule has 9 heteroatoms. The van der Waals surface area contributed by atoms with Gasteiger partial charge in [-0.2, -0.15) is 4.98 Å². The average Bonchev–Trinajstić information content (AvgIpc) is 3.47. The second-order valence-electron chi connectivity index (χ2n) is 6.50. The fraction of sp³-hybridized carbons (Fsp3) is 0.294. The number of hydrogen-bond donors (Lipinski definition) is 0. The molecule has 0 spiro atoms. The quantitative estimate of drug-likeness (QED) is 0.700. The molecule has 1 fully saturated rings. The minimum atomic E-state index is -0.174. The van der Waals surface area contributed by atoms with Crippen LogP contribution in [0.3, 0.4) is 0 Å². The van der Waals surface area contributed by atoms with E-state index in [0.29, 0.717) is 18.4 Å². The monoisotopic (exact) mass is 349 g/mol. The van der Waals surface area contributed by atoms with E-state index < -0.39 is 0 Å². The van der Waals surface area contributed by atoms with Gasteiger partial charge in [-0.15, -0.1) is 0 Å². The zero-order chi connectivity index (χ0) is 17.1. The van der Waals surface area contributed by atoms with E-state index in [2.05, 4.69) is 32.2 Å². The number of hydrogen-bond acceptors (Lipinski definition) is 8. The van der Waals surface area contributed by atoms with Crippen LogP contribution in [0.4, 0.5) is 11.8 Å². The molecule has 3 aromatic rings. The van der Waals surface area contributed by atoms with Gasteiger partial charge in [-0.05, 0) is 17.6 Å². The van der Waals surface area contributed by atoms with Crippen molar-refractivity contribution in [1.82, 2.24) is 19.7 Å². The van der Waals surface area contributed by atoms with Crippen molar-refractivity contribution in [3.05, 3.63) is 48.2 Å². The van der Waals surface area contributed by atoms with E-state index in [1.54, 1.807) is 12.7 Å². The van der Waals surface area contributed by atoms with Crippen molar-refractivity contribution in [3.8, 4) is 5.69 Å². The summed E-state index contributed by atoms with van der Waals surface area (Å²) >= 11 is 0. The molecule has 0 bridgehead atoms. The van der Waals surface area contributed by atoms with E-state index >= 15 is 0 Å². The molecule has 2 unspecified atom stereocenters. The maximum Gasteiger partial charge on any atom is 0.290 e. The SMILES string of the molecule is C1=NC2c3ccccc3-n3cncc3N2N1c1noc(C2CCOC2)n1. The first-order valence-corrected chi connectivity index (χ1v) is 8.55. The third-order valence-corrected chi connectivity index (χ3v) is 5.02. The number of imidazole rings is 1. The average molecular weight is 349 g/mol. The van der Waals surface area contributed by atoms with Crippen molar-refractivity contribution in [2.75, 3.05) is 23.2 Å². The van der Waals surface area contributed by atoms with Gasteiger partial charge in [-0.25, -0.2) is 20.0 Å². The number of hydrazine groups is 1. The highest BCUT2D eigenvalue weighted by Crippen LogP contribution is 2.42. The van der Waals surface area contributed by atoms with Crippen LogP contribution in [-0.4, -0.2) is 39.2 Å². The van der Waals surface area contributed by atoms with Gasteiger partial charge < -0.3 is 9.26 Å². The molecule has 6 rings (SSSR count). The van der Waals surface area contributed by atoms with Gasteiger partial charge in [0.1, 0.15) is 12.7 Å². The van der Waals surface area contributed by atoms with Gasteiger partial charge in [-0.3, -0.25) is 4.57 Å². The molecule has 0 amide bonds. The molecule has 2 aromatic heterocycles. The Hall–Kier alpha value is -3.20. The molecule has 1 aromatic carbocycles. The van der Waals surface area contributed by atoms with Crippen LogP contribution in [0.15, 0.2) is 46.3 Å². The number of aliphatic imine (C=N–C) groups is 1. The van der Waals surface area contributed by atoms with Crippen LogP contribution in [0.1, 0.15) is 30.0 Å². The Labute approximate surface area is 148 Å². The molecule has 5 heterocycles. The van der Waals surface area contributed by atoms with Crippen LogP contribution >= 0.6 is 0 Å². The van der Waals surface area contributed by atoms with Crippen molar-refractivity contribution in [3.63, 3.8) is 0 Å². The Morgan fingerprint density at radius 2 is 2.15 bits per heavy atom. The summed E-state index contributed by atoms with van der Waals surface area (Å²) in [6.07, 6.45) is 6.09. The molecule has 3 aliphatic heterocycles. The van der Waals surface area contributed by atoms with Gasteiger partial charge in [0.15, 0.2) is 12.0 Å². The van der Waals surface area contributed by atoms with Crippen molar-refractivity contribution in [2.45, 2.75) is 18.5 Å². The maximum absolute atomic E-state index is 5.49. The number of benzene rings is 1. The summed E-state index contributed by atoms with van der Waals surface area (Å²) < 4.78 is 12.9. The number of ether oxygens (including phenoxy) is 1. The highest BCUT2D eigenvalue weighted by molar-refractivity contribution is 5.85. The van der Waals surface area contributed by atoms with Crippen molar-refractivity contribution >= 4 is 18.1 Å². The maximum atomic E-state index is 5.49. The highest BCUT2D eigenvalue weighted by Gasteiger charge is 2.40. The molecule has 0 N–H and O–H groups in total. The Balaban J connectivity index is 1.42. The van der Waals surface area contributed by atoms with Crippen molar-refractivity contribution in [1.29, 1.82) is 0 Å². The van der Waals surface area contributed by atoms with E-state index in [9.17, 15) is 0 Å². The largest absolute Gasteiger partial charge is 0.381 e. The Bertz CT molecular complexity index is 1000. The van der Waals surface area contributed by atoms with E-state index in [1.165, 1.54) is 0 Å². The van der Waals surface area contributed by atoms with Crippen LogP contribution in [0.5, 0.6) is 0 Å². The smallest absolute Gasteiger partial charge is 0.290 e. The van der Waals surface area contributed by atoms with Crippen LogP contribution in [0, 0.1) is 0 Å². The lowest BCUT2D eigenvalue weighted by atomic mass is 10.1. The number of anilines is 2. The van der Waals surface area contributed by atoms with Gasteiger partial charge in [0.25, 0.3) is 5.95 Å². The summed E-state index contributed by atoms with van der Waals surface area (Å²) in [6, 6.07) is 8.18. The summed E-state index contributed by atoms with van der Waals surface area (Å²) in [7, 11) is 0. The van der Waals surface area contributed by atoms with Gasteiger partial charge in [0, 0.05) is 12.2 Å². The molecule has 3 aliphatic rings.